The van der Waals surface area contributed by atoms with Crippen LogP contribution in [0.1, 0.15) is 67.5 Å². The van der Waals surface area contributed by atoms with Gasteiger partial charge in [-0.3, -0.25) is 9.36 Å². The summed E-state index contributed by atoms with van der Waals surface area (Å²) < 4.78 is 23.7. The summed E-state index contributed by atoms with van der Waals surface area (Å²) in [5.41, 5.74) is 4.54. The molecule has 206 valence electrons. The molecule has 8 nitrogen and oxygen atoms in total. The number of carboxylic acids is 1. The van der Waals surface area contributed by atoms with E-state index in [9.17, 15) is 14.9 Å². The van der Waals surface area contributed by atoms with Gasteiger partial charge in [-0.15, -0.1) is 0 Å². The number of halogens is 1. The molecule has 9 heteroatoms. The molecule has 5 rings (SSSR count). The van der Waals surface area contributed by atoms with E-state index >= 15 is 4.39 Å². The van der Waals surface area contributed by atoms with Crippen molar-refractivity contribution < 1.29 is 19.0 Å². The SMILES string of the molecule is CCCc1c(Cc2ccc(-c3ccccc3C#N)cc2)c(=O)n(C2CCC(OCC(=O)O)CC2)c2c(F)cnn12. The van der Waals surface area contributed by atoms with Crippen LogP contribution in [0.5, 0.6) is 0 Å². The number of fused-ring (bicyclic) bond motifs is 1. The normalized spacial score (nSPS) is 17.1. The maximum atomic E-state index is 15.1. The average molecular weight is 543 g/mol. The molecule has 2 aromatic heterocycles. The van der Waals surface area contributed by atoms with E-state index in [2.05, 4.69) is 11.2 Å². The molecule has 40 heavy (non-hydrogen) atoms. The molecule has 0 spiro atoms. The summed E-state index contributed by atoms with van der Waals surface area (Å²) in [6.45, 7) is 1.66. The fourth-order valence-corrected chi connectivity index (χ4v) is 5.74. The van der Waals surface area contributed by atoms with E-state index in [0.29, 0.717) is 55.3 Å². The van der Waals surface area contributed by atoms with Crippen LogP contribution in [0, 0.1) is 17.1 Å². The number of aromatic nitrogens is 3. The molecule has 0 aliphatic heterocycles. The van der Waals surface area contributed by atoms with E-state index in [0.717, 1.165) is 29.3 Å². The number of ether oxygens (including phenoxy) is 1. The third kappa shape index (κ3) is 5.40. The molecule has 1 fully saturated rings. The first kappa shape index (κ1) is 27.3. The van der Waals surface area contributed by atoms with Gasteiger partial charge in [0.15, 0.2) is 11.5 Å². The molecule has 0 radical (unpaired) electrons. The molecular formula is C31H31FN4O4. The zero-order valence-electron chi connectivity index (χ0n) is 22.3. The number of carbonyl (C=O) groups is 1. The van der Waals surface area contributed by atoms with Crippen molar-refractivity contribution in [3.05, 3.63) is 93.3 Å². The van der Waals surface area contributed by atoms with Crippen LogP contribution in [-0.2, 0) is 22.4 Å². The second-order valence-electron chi connectivity index (χ2n) is 10.2. The Balaban J connectivity index is 1.51. The molecule has 4 aromatic rings. The van der Waals surface area contributed by atoms with Crippen molar-refractivity contribution in [2.24, 2.45) is 0 Å². The molecular weight excluding hydrogens is 511 g/mol. The van der Waals surface area contributed by atoms with Gasteiger partial charge in [0.25, 0.3) is 5.56 Å². The fraction of sp³-hybridized carbons (Fsp3) is 0.355. The molecule has 0 saturated heterocycles. The zero-order chi connectivity index (χ0) is 28.2. The Morgan fingerprint density at radius 1 is 1.15 bits per heavy atom. The molecule has 2 aromatic carbocycles. The van der Waals surface area contributed by atoms with E-state index in [1.807, 2.05) is 49.4 Å². The second-order valence-corrected chi connectivity index (χ2v) is 10.2. The van der Waals surface area contributed by atoms with Crippen molar-refractivity contribution in [3.63, 3.8) is 0 Å². The van der Waals surface area contributed by atoms with Gasteiger partial charge in [-0.05, 0) is 54.9 Å². The molecule has 0 unspecified atom stereocenters. The number of benzene rings is 2. The quantitative estimate of drug-likeness (QED) is 0.307. The maximum absolute atomic E-state index is 15.1. The number of hydrogen-bond donors (Lipinski definition) is 1. The Bertz CT molecular complexity index is 1630. The summed E-state index contributed by atoms with van der Waals surface area (Å²) in [6.07, 6.45) is 5.00. The number of aliphatic carboxylic acids is 1. The summed E-state index contributed by atoms with van der Waals surface area (Å²) in [7, 11) is 0. The first-order valence-corrected chi connectivity index (χ1v) is 13.6. The smallest absolute Gasteiger partial charge is 0.329 e. The molecule has 1 N–H and O–H groups in total. The maximum Gasteiger partial charge on any atom is 0.329 e. The lowest BCUT2D eigenvalue weighted by Crippen LogP contribution is -2.35. The number of nitrogens with zero attached hydrogens (tertiary/aromatic N) is 4. The van der Waals surface area contributed by atoms with Gasteiger partial charge in [-0.1, -0.05) is 55.8 Å². The van der Waals surface area contributed by atoms with Crippen LogP contribution in [0.25, 0.3) is 16.8 Å². The highest BCUT2D eigenvalue weighted by Crippen LogP contribution is 2.32. The number of carboxylic acid groups (broad SMARTS) is 1. The van der Waals surface area contributed by atoms with E-state index in [1.54, 1.807) is 15.1 Å². The van der Waals surface area contributed by atoms with Crippen molar-refractivity contribution >= 4 is 11.6 Å². The Morgan fingerprint density at radius 2 is 1.88 bits per heavy atom. The predicted molar refractivity (Wildman–Crippen MR) is 148 cm³/mol. The number of nitriles is 1. The number of rotatable bonds is 9. The highest BCUT2D eigenvalue weighted by Gasteiger charge is 2.29. The molecule has 2 heterocycles. The molecule has 0 amide bonds. The van der Waals surface area contributed by atoms with Crippen LogP contribution in [-0.4, -0.2) is 38.0 Å². The minimum absolute atomic E-state index is 0.176. The lowest BCUT2D eigenvalue weighted by atomic mass is 9.92. The molecule has 1 aliphatic rings. The third-order valence-electron chi connectivity index (χ3n) is 7.64. The fourth-order valence-electron chi connectivity index (χ4n) is 5.74. The van der Waals surface area contributed by atoms with E-state index in [1.165, 1.54) is 0 Å². The standard InChI is InChI=1S/C31H31FN4O4/c1-2-5-28-26(16-20-8-10-21(11-9-20)25-7-4-3-6-22(25)17-33)31(39)35(30-27(32)18-34-36(28)30)23-12-14-24(15-13-23)40-19-29(37)38/h3-4,6-11,18,23-24H,2,5,12-16,19H2,1H3,(H,37,38). The first-order chi connectivity index (χ1) is 19.4. The zero-order valence-corrected chi connectivity index (χ0v) is 22.3. The van der Waals surface area contributed by atoms with E-state index in [-0.39, 0.29) is 30.0 Å². The minimum Gasteiger partial charge on any atom is -0.480 e. The van der Waals surface area contributed by atoms with Crippen molar-refractivity contribution in [1.29, 1.82) is 5.26 Å². The highest BCUT2D eigenvalue weighted by atomic mass is 19.1. The number of aryl methyl sites for hydroxylation is 1. The van der Waals surface area contributed by atoms with Gasteiger partial charge in [-0.25, -0.2) is 13.7 Å². The Hall–Kier alpha value is -4.29. The summed E-state index contributed by atoms with van der Waals surface area (Å²) in [5, 5.41) is 22.7. The van der Waals surface area contributed by atoms with E-state index in [4.69, 9.17) is 9.84 Å². The Morgan fingerprint density at radius 3 is 2.55 bits per heavy atom. The van der Waals surface area contributed by atoms with Crippen LogP contribution in [0.4, 0.5) is 4.39 Å². The Kier molecular flexibility index (Phi) is 8.08. The minimum atomic E-state index is -1.01. The lowest BCUT2D eigenvalue weighted by molar-refractivity contribution is -0.145. The van der Waals surface area contributed by atoms with Crippen molar-refractivity contribution in [3.8, 4) is 17.2 Å². The van der Waals surface area contributed by atoms with Gasteiger partial charge < -0.3 is 9.84 Å². The van der Waals surface area contributed by atoms with Crippen LogP contribution in [0.15, 0.2) is 59.5 Å². The van der Waals surface area contributed by atoms with Gasteiger partial charge in [-0.2, -0.15) is 10.4 Å². The molecule has 0 bridgehead atoms. The second kappa shape index (κ2) is 11.8. The van der Waals surface area contributed by atoms with Crippen LogP contribution in [0.2, 0.25) is 0 Å². The topological polar surface area (TPSA) is 110 Å². The average Bonchev–Trinajstić information content (AvgIpc) is 3.35. The summed E-state index contributed by atoms with van der Waals surface area (Å²) in [5.74, 6) is -1.55. The summed E-state index contributed by atoms with van der Waals surface area (Å²) >= 11 is 0. The number of hydrogen-bond acceptors (Lipinski definition) is 5. The van der Waals surface area contributed by atoms with Gasteiger partial charge in [0.1, 0.15) is 6.61 Å². The molecule has 1 saturated carbocycles. The third-order valence-corrected chi connectivity index (χ3v) is 7.64. The Labute approximate surface area is 231 Å². The van der Waals surface area contributed by atoms with Crippen molar-refractivity contribution in [1.82, 2.24) is 14.2 Å². The summed E-state index contributed by atoms with van der Waals surface area (Å²) in [4.78, 5) is 25.0. The van der Waals surface area contributed by atoms with Gasteiger partial charge in [0.05, 0.1) is 29.6 Å². The predicted octanol–water partition coefficient (Wildman–Crippen LogP) is 5.30. The highest BCUT2D eigenvalue weighted by molar-refractivity contribution is 5.70. The van der Waals surface area contributed by atoms with Crippen LogP contribution < -0.4 is 5.56 Å². The molecule has 0 atom stereocenters. The monoisotopic (exact) mass is 542 g/mol. The van der Waals surface area contributed by atoms with Crippen molar-refractivity contribution in [2.75, 3.05) is 6.61 Å². The largest absolute Gasteiger partial charge is 0.480 e. The van der Waals surface area contributed by atoms with Crippen LogP contribution in [0.3, 0.4) is 0 Å². The van der Waals surface area contributed by atoms with Gasteiger partial charge >= 0.3 is 5.97 Å². The lowest BCUT2D eigenvalue weighted by Gasteiger charge is -2.30. The van der Waals surface area contributed by atoms with Crippen molar-refractivity contribution in [2.45, 2.75) is 64.0 Å². The van der Waals surface area contributed by atoms with E-state index < -0.39 is 11.8 Å². The summed E-state index contributed by atoms with van der Waals surface area (Å²) in [6, 6.07) is 17.2. The van der Waals surface area contributed by atoms with Crippen LogP contribution >= 0.6 is 0 Å². The van der Waals surface area contributed by atoms with Gasteiger partial charge in [0, 0.05) is 18.0 Å². The molecule has 1 aliphatic carbocycles. The van der Waals surface area contributed by atoms with Gasteiger partial charge in [0.2, 0.25) is 0 Å². The first-order valence-electron chi connectivity index (χ1n) is 13.6.